The smallest absolute Gasteiger partial charge is 0.316 e. The van der Waals surface area contributed by atoms with Crippen LogP contribution in [0.1, 0.15) is 19.1 Å². The molecule has 0 aliphatic rings. The Labute approximate surface area is 115 Å². The first-order valence-corrected chi connectivity index (χ1v) is 7.11. The van der Waals surface area contributed by atoms with Crippen LogP contribution in [0.2, 0.25) is 0 Å². The molecule has 0 spiro atoms. The maximum atomic E-state index is 10.9. The zero-order chi connectivity index (χ0) is 13.7. The van der Waals surface area contributed by atoms with Gasteiger partial charge in [-0.3, -0.25) is 4.79 Å². The van der Waals surface area contributed by atoms with Crippen molar-refractivity contribution in [2.75, 3.05) is 0 Å². The van der Waals surface area contributed by atoms with Gasteiger partial charge >= 0.3 is 5.97 Å². The number of rotatable bonds is 6. The van der Waals surface area contributed by atoms with E-state index in [0.29, 0.717) is 17.9 Å². The van der Waals surface area contributed by atoms with Gasteiger partial charge in [0, 0.05) is 11.6 Å². The number of carboxylic acids is 1. The molecule has 0 saturated heterocycles. The van der Waals surface area contributed by atoms with Crippen LogP contribution >= 0.6 is 11.8 Å². The average molecular weight is 277 g/mol. The minimum atomic E-state index is -0.782. The Balaban J connectivity index is 2.00. The van der Waals surface area contributed by atoms with Gasteiger partial charge in [-0.15, -0.1) is 11.8 Å². The largest absolute Gasteiger partial charge is 0.480 e. The molecule has 5 heteroatoms. The first kappa shape index (κ1) is 13.7. The maximum Gasteiger partial charge on any atom is 0.316 e. The van der Waals surface area contributed by atoms with Gasteiger partial charge in [-0.1, -0.05) is 42.4 Å². The number of carboxylic acid groups (broad SMARTS) is 1. The van der Waals surface area contributed by atoms with Crippen molar-refractivity contribution >= 4 is 17.7 Å². The van der Waals surface area contributed by atoms with Gasteiger partial charge in [-0.05, 0) is 6.42 Å². The van der Waals surface area contributed by atoms with Crippen molar-refractivity contribution < 1.29 is 14.4 Å². The lowest BCUT2D eigenvalue weighted by Crippen LogP contribution is -2.14. The van der Waals surface area contributed by atoms with Crippen LogP contribution < -0.4 is 0 Å². The Kier molecular flexibility index (Phi) is 4.63. The third kappa shape index (κ3) is 3.61. The van der Waals surface area contributed by atoms with E-state index in [9.17, 15) is 4.79 Å². The van der Waals surface area contributed by atoms with E-state index in [2.05, 4.69) is 5.16 Å². The Morgan fingerprint density at radius 1 is 1.42 bits per heavy atom. The first-order valence-electron chi connectivity index (χ1n) is 6.06. The summed E-state index contributed by atoms with van der Waals surface area (Å²) in [6, 6.07) is 11.6. The number of thioether (sulfide) groups is 1. The average Bonchev–Trinajstić information content (AvgIpc) is 2.89. The van der Waals surface area contributed by atoms with Crippen molar-refractivity contribution in [1.82, 2.24) is 5.16 Å². The number of aromatic nitrogens is 1. The molecule has 100 valence electrons. The van der Waals surface area contributed by atoms with E-state index in [1.807, 2.05) is 43.3 Å². The van der Waals surface area contributed by atoms with Crippen LogP contribution in [0, 0.1) is 0 Å². The van der Waals surface area contributed by atoms with E-state index in [1.54, 1.807) is 0 Å². The van der Waals surface area contributed by atoms with E-state index in [0.717, 1.165) is 11.3 Å². The van der Waals surface area contributed by atoms with E-state index in [-0.39, 0.29) is 0 Å². The van der Waals surface area contributed by atoms with Crippen molar-refractivity contribution in [3.63, 3.8) is 0 Å². The van der Waals surface area contributed by atoms with Gasteiger partial charge in [0.15, 0.2) is 0 Å². The van der Waals surface area contributed by atoms with Gasteiger partial charge in [-0.2, -0.15) is 0 Å². The summed E-state index contributed by atoms with van der Waals surface area (Å²) in [5.41, 5.74) is 1.77. The molecule has 0 radical (unpaired) electrons. The van der Waals surface area contributed by atoms with E-state index in [1.165, 1.54) is 11.8 Å². The van der Waals surface area contributed by atoms with Crippen LogP contribution in [0.4, 0.5) is 0 Å². The number of carbonyl (C=O) groups is 1. The van der Waals surface area contributed by atoms with Gasteiger partial charge in [0.05, 0.1) is 5.75 Å². The van der Waals surface area contributed by atoms with Crippen molar-refractivity contribution in [2.24, 2.45) is 0 Å². The second-order valence-electron chi connectivity index (χ2n) is 4.09. The van der Waals surface area contributed by atoms with Crippen molar-refractivity contribution in [1.29, 1.82) is 0 Å². The highest BCUT2D eigenvalue weighted by molar-refractivity contribution is 7.99. The van der Waals surface area contributed by atoms with Crippen LogP contribution in [-0.2, 0) is 10.5 Å². The molecule has 0 aliphatic heterocycles. The molecule has 4 nitrogen and oxygen atoms in total. The fraction of sp³-hybridized carbons (Fsp3) is 0.286. The molecule has 0 fully saturated rings. The summed E-state index contributed by atoms with van der Waals surface area (Å²) in [6.45, 7) is 1.86. The van der Waals surface area contributed by atoms with Crippen LogP contribution in [0.5, 0.6) is 0 Å². The third-order valence-electron chi connectivity index (χ3n) is 2.70. The van der Waals surface area contributed by atoms with Crippen molar-refractivity contribution in [3.8, 4) is 11.3 Å². The second-order valence-corrected chi connectivity index (χ2v) is 5.28. The number of hydrogen-bond acceptors (Lipinski definition) is 4. The summed E-state index contributed by atoms with van der Waals surface area (Å²) in [5.74, 6) is 0.434. The highest BCUT2D eigenvalue weighted by atomic mass is 32.2. The zero-order valence-electron chi connectivity index (χ0n) is 10.6. The summed E-state index contributed by atoms with van der Waals surface area (Å²) in [4.78, 5) is 10.9. The molecule has 1 N–H and O–H groups in total. The van der Waals surface area contributed by atoms with Crippen LogP contribution in [0.15, 0.2) is 40.9 Å². The zero-order valence-corrected chi connectivity index (χ0v) is 11.4. The fourth-order valence-electron chi connectivity index (χ4n) is 1.67. The molecule has 1 atom stereocenters. The standard InChI is InChI=1S/C14H15NO3S/c1-2-13(14(16)17)19-9-11-8-12(15-18-11)10-6-4-3-5-7-10/h3-8,13H,2,9H2,1H3,(H,16,17). The van der Waals surface area contributed by atoms with E-state index >= 15 is 0 Å². The molecule has 1 unspecified atom stereocenters. The molecule has 0 bridgehead atoms. The molecule has 19 heavy (non-hydrogen) atoms. The fourth-order valence-corrected chi connectivity index (χ4v) is 2.55. The number of aliphatic carboxylic acids is 1. The Morgan fingerprint density at radius 3 is 2.79 bits per heavy atom. The summed E-state index contributed by atoms with van der Waals surface area (Å²) in [5, 5.41) is 12.6. The van der Waals surface area contributed by atoms with E-state index in [4.69, 9.17) is 9.63 Å². The van der Waals surface area contributed by atoms with Gasteiger partial charge in [0.2, 0.25) is 0 Å². The number of hydrogen-bond donors (Lipinski definition) is 1. The predicted molar refractivity (Wildman–Crippen MR) is 74.9 cm³/mol. The molecule has 1 aromatic carbocycles. The predicted octanol–water partition coefficient (Wildman–Crippen LogP) is 3.44. The summed E-state index contributed by atoms with van der Waals surface area (Å²) in [7, 11) is 0. The lowest BCUT2D eigenvalue weighted by atomic mass is 10.1. The monoisotopic (exact) mass is 277 g/mol. The van der Waals surface area contributed by atoms with Crippen molar-refractivity contribution in [3.05, 3.63) is 42.2 Å². The van der Waals surface area contributed by atoms with Gasteiger partial charge in [0.1, 0.15) is 16.7 Å². The molecule has 0 amide bonds. The molecule has 1 aromatic heterocycles. The molecule has 0 saturated carbocycles. The van der Waals surface area contributed by atoms with Gasteiger partial charge < -0.3 is 9.63 Å². The summed E-state index contributed by atoms with van der Waals surface area (Å²) >= 11 is 1.36. The van der Waals surface area contributed by atoms with Crippen LogP contribution in [0.3, 0.4) is 0 Å². The first-order chi connectivity index (χ1) is 9.20. The molecular weight excluding hydrogens is 262 g/mol. The molecule has 2 aromatic rings. The number of benzene rings is 1. The summed E-state index contributed by atoms with van der Waals surface area (Å²) < 4.78 is 5.23. The quantitative estimate of drug-likeness (QED) is 0.876. The normalized spacial score (nSPS) is 12.3. The SMILES string of the molecule is CCC(SCc1cc(-c2ccccc2)no1)C(=O)O. The van der Waals surface area contributed by atoms with Crippen LogP contribution in [0.25, 0.3) is 11.3 Å². The minimum Gasteiger partial charge on any atom is -0.480 e. The Hall–Kier alpha value is -1.75. The minimum absolute atomic E-state index is 0.398. The van der Waals surface area contributed by atoms with E-state index < -0.39 is 11.2 Å². The number of nitrogens with zero attached hydrogens (tertiary/aromatic N) is 1. The molecule has 2 rings (SSSR count). The lowest BCUT2D eigenvalue weighted by molar-refractivity contribution is -0.136. The molecule has 1 heterocycles. The van der Waals surface area contributed by atoms with Crippen molar-refractivity contribution in [2.45, 2.75) is 24.3 Å². The molecular formula is C14H15NO3S. The molecule has 0 aliphatic carbocycles. The maximum absolute atomic E-state index is 10.9. The highest BCUT2D eigenvalue weighted by Gasteiger charge is 2.16. The second kappa shape index (κ2) is 6.43. The third-order valence-corrected chi connectivity index (χ3v) is 4.09. The van der Waals surface area contributed by atoms with Gasteiger partial charge in [0.25, 0.3) is 0 Å². The summed E-state index contributed by atoms with van der Waals surface area (Å²) in [6.07, 6.45) is 0.597. The van der Waals surface area contributed by atoms with Crippen LogP contribution in [-0.4, -0.2) is 21.5 Å². The highest BCUT2D eigenvalue weighted by Crippen LogP contribution is 2.24. The Morgan fingerprint density at radius 2 is 2.16 bits per heavy atom. The lowest BCUT2D eigenvalue weighted by Gasteiger charge is -2.06. The van der Waals surface area contributed by atoms with Gasteiger partial charge in [-0.25, -0.2) is 0 Å². The topological polar surface area (TPSA) is 63.3 Å². The Bertz CT molecular complexity index is 539.